The first-order chi connectivity index (χ1) is 10.0. The van der Waals surface area contributed by atoms with Gasteiger partial charge in [-0.2, -0.15) is 0 Å². The zero-order chi connectivity index (χ0) is 15.7. The van der Waals surface area contributed by atoms with Gasteiger partial charge < -0.3 is 20.5 Å². The third-order valence-electron chi connectivity index (χ3n) is 3.11. The topological polar surface area (TPSA) is 87.7 Å². The van der Waals surface area contributed by atoms with E-state index in [0.29, 0.717) is 6.61 Å². The van der Waals surface area contributed by atoms with Crippen LogP contribution in [0.15, 0.2) is 23.8 Å². The molecular formula is C15H24N2O4. The van der Waals surface area contributed by atoms with E-state index in [1.807, 2.05) is 6.08 Å². The van der Waals surface area contributed by atoms with Gasteiger partial charge in [-0.25, -0.2) is 0 Å². The molecule has 6 nitrogen and oxygen atoms in total. The Kier molecular flexibility index (Phi) is 7.71. The van der Waals surface area contributed by atoms with Crippen LogP contribution in [0.1, 0.15) is 26.7 Å². The number of ether oxygens (including phenoxy) is 1. The zero-order valence-electron chi connectivity index (χ0n) is 12.6. The highest BCUT2D eigenvalue weighted by atomic mass is 16.5. The van der Waals surface area contributed by atoms with E-state index in [4.69, 9.17) is 9.84 Å². The summed E-state index contributed by atoms with van der Waals surface area (Å²) in [4.78, 5) is 23.2. The summed E-state index contributed by atoms with van der Waals surface area (Å²) in [7, 11) is 0. The molecule has 1 aliphatic carbocycles. The van der Waals surface area contributed by atoms with E-state index in [1.165, 1.54) is 6.92 Å². The van der Waals surface area contributed by atoms with Crippen LogP contribution in [0.5, 0.6) is 0 Å². The van der Waals surface area contributed by atoms with Crippen molar-refractivity contribution in [1.29, 1.82) is 0 Å². The maximum atomic E-state index is 12.0. The molecule has 0 fully saturated rings. The monoisotopic (exact) mass is 296 g/mol. The summed E-state index contributed by atoms with van der Waals surface area (Å²) in [5.74, 6) is -0.661. The Labute approximate surface area is 125 Å². The Morgan fingerprint density at radius 1 is 1.43 bits per heavy atom. The molecule has 2 atom stereocenters. The van der Waals surface area contributed by atoms with Gasteiger partial charge >= 0.3 is 0 Å². The lowest BCUT2D eigenvalue weighted by Gasteiger charge is -2.24. The lowest BCUT2D eigenvalue weighted by atomic mass is 10.1. The molecule has 0 saturated heterocycles. The predicted octanol–water partition coefficient (Wildman–Crippen LogP) is 0.281. The summed E-state index contributed by atoms with van der Waals surface area (Å²) < 4.78 is 5.69. The first-order valence-electron chi connectivity index (χ1n) is 7.17. The molecule has 0 heterocycles. The number of hydrogen-bond acceptors (Lipinski definition) is 4. The molecule has 6 heteroatoms. The molecule has 0 aliphatic heterocycles. The van der Waals surface area contributed by atoms with Crippen molar-refractivity contribution in [3.8, 4) is 0 Å². The number of carbonyl (C=O) groups is 2. The van der Waals surface area contributed by atoms with E-state index in [1.54, 1.807) is 6.92 Å². The minimum absolute atomic E-state index is 0.147. The maximum absolute atomic E-state index is 12.0. The van der Waals surface area contributed by atoms with Crippen LogP contribution < -0.4 is 10.6 Å². The fourth-order valence-electron chi connectivity index (χ4n) is 2.00. The van der Waals surface area contributed by atoms with Crippen LogP contribution in [-0.2, 0) is 14.3 Å². The van der Waals surface area contributed by atoms with E-state index in [9.17, 15) is 9.59 Å². The van der Waals surface area contributed by atoms with E-state index >= 15 is 0 Å². The summed E-state index contributed by atoms with van der Waals surface area (Å²) in [6.45, 7) is 3.50. The molecule has 0 bridgehead atoms. The quantitative estimate of drug-likeness (QED) is 0.600. The van der Waals surface area contributed by atoms with Gasteiger partial charge in [0.1, 0.15) is 6.04 Å². The second-order valence-corrected chi connectivity index (χ2v) is 4.97. The van der Waals surface area contributed by atoms with Crippen molar-refractivity contribution < 1.29 is 19.4 Å². The highest BCUT2D eigenvalue weighted by Crippen LogP contribution is 2.11. The van der Waals surface area contributed by atoms with Crippen LogP contribution in [-0.4, -0.2) is 48.8 Å². The Bertz CT molecular complexity index is 418. The molecule has 1 rings (SSSR count). The van der Waals surface area contributed by atoms with Crippen molar-refractivity contribution in [3.05, 3.63) is 23.8 Å². The van der Waals surface area contributed by atoms with Gasteiger partial charge in [0.15, 0.2) is 0 Å². The van der Waals surface area contributed by atoms with E-state index in [2.05, 4.69) is 22.8 Å². The van der Waals surface area contributed by atoms with Crippen molar-refractivity contribution in [3.63, 3.8) is 0 Å². The Morgan fingerprint density at radius 2 is 2.19 bits per heavy atom. The molecule has 0 aromatic rings. The van der Waals surface area contributed by atoms with Crippen molar-refractivity contribution in [2.24, 2.45) is 0 Å². The van der Waals surface area contributed by atoms with Crippen LogP contribution >= 0.6 is 0 Å². The molecule has 0 radical (unpaired) electrons. The molecule has 0 aromatic carbocycles. The molecule has 118 valence electrons. The van der Waals surface area contributed by atoms with E-state index in [0.717, 1.165) is 18.4 Å². The van der Waals surface area contributed by atoms with E-state index < -0.39 is 12.1 Å². The highest BCUT2D eigenvalue weighted by Gasteiger charge is 2.26. The normalized spacial score (nSPS) is 16.8. The average Bonchev–Trinajstić information content (AvgIpc) is 2.48. The Morgan fingerprint density at radius 3 is 2.76 bits per heavy atom. The van der Waals surface area contributed by atoms with Crippen LogP contribution in [0.25, 0.3) is 0 Å². The summed E-state index contributed by atoms with van der Waals surface area (Å²) in [5, 5.41) is 13.9. The molecule has 21 heavy (non-hydrogen) atoms. The van der Waals surface area contributed by atoms with Gasteiger partial charge in [0.05, 0.1) is 19.3 Å². The minimum Gasteiger partial charge on any atom is -0.395 e. The number of carbonyl (C=O) groups excluding carboxylic acids is 2. The maximum Gasteiger partial charge on any atom is 0.245 e. The van der Waals surface area contributed by atoms with Gasteiger partial charge in [-0.1, -0.05) is 18.2 Å². The minimum atomic E-state index is -0.776. The second-order valence-electron chi connectivity index (χ2n) is 4.97. The Balaban J connectivity index is 2.55. The van der Waals surface area contributed by atoms with Crippen LogP contribution in [0.2, 0.25) is 0 Å². The zero-order valence-corrected chi connectivity index (χ0v) is 12.6. The molecule has 3 N–H and O–H groups in total. The number of amides is 2. The van der Waals surface area contributed by atoms with Gasteiger partial charge in [-0.15, -0.1) is 0 Å². The number of rotatable bonds is 8. The fourth-order valence-corrected chi connectivity index (χ4v) is 2.00. The van der Waals surface area contributed by atoms with E-state index in [-0.39, 0.29) is 25.0 Å². The van der Waals surface area contributed by atoms with Gasteiger partial charge in [0, 0.05) is 13.5 Å². The van der Waals surface area contributed by atoms with Gasteiger partial charge in [-0.05, 0) is 25.3 Å². The van der Waals surface area contributed by atoms with Gasteiger partial charge in [-0.3, -0.25) is 9.59 Å². The number of nitrogens with one attached hydrogen (secondary N) is 2. The number of aliphatic hydroxyl groups is 1. The standard InChI is InChI=1S/C15H24N2O4/c1-11(21-10-13-6-4-3-5-7-13)14(17-12(2)19)15(20)16-8-9-18/h4,6-7,11,14,18H,3,5,8-10H2,1-2H3,(H,16,20)(H,17,19). The molecular weight excluding hydrogens is 272 g/mol. The highest BCUT2D eigenvalue weighted by molar-refractivity contribution is 5.87. The molecule has 1 aliphatic rings. The summed E-state index contributed by atoms with van der Waals surface area (Å²) in [6, 6.07) is -0.776. The largest absolute Gasteiger partial charge is 0.395 e. The summed E-state index contributed by atoms with van der Waals surface area (Å²) in [5.41, 5.74) is 1.07. The second kappa shape index (κ2) is 9.31. The summed E-state index contributed by atoms with van der Waals surface area (Å²) >= 11 is 0. The SMILES string of the molecule is CC(=O)NC(C(=O)NCCO)C(C)OCC1=CCCC=C1. The third-order valence-corrected chi connectivity index (χ3v) is 3.11. The smallest absolute Gasteiger partial charge is 0.245 e. The van der Waals surface area contributed by atoms with Gasteiger partial charge in [0.25, 0.3) is 0 Å². The first kappa shape index (κ1) is 17.4. The number of hydrogen-bond donors (Lipinski definition) is 3. The molecule has 0 aromatic heterocycles. The predicted molar refractivity (Wildman–Crippen MR) is 79.6 cm³/mol. The lowest BCUT2D eigenvalue weighted by molar-refractivity contribution is -0.131. The van der Waals surface area contributed by atoms with Crippen molar-refractivity contribution in [2.75, 3.05) is 19.8 Å². The Hall–Kier alpha value is -1.66. The molecule has 0 spiro atoms. The van der Waals surface area contributed by atoms with Gasteiger partial charge in [0.2, 0.25) is 11.8 Å². The van der Waals surface area contributed by atoms with Crippen LogP contribution in [0.4, 0.5) is 0 Å². The van der Waals surface area contributed by atoms with Crippen molar-refractivity contribution >= 4 is 11.8 Å². The lowest BCUT2D eigenvalue weighted by Crippen LogP contribution is -2.53. The van der Waals surface area contributed by atoms with Crippen LogP contribution in [0.3, 0.4) is 0 Å². The van der Waals surface area contributed by atoms with Crippen molar-refractivity contribution in [2.45, 2.75) is 38.8 Å². The average molecular weight is 296 g/mol. The van der Waals surface area contributed by atoms with Crippen molar-refractivity contribution in [1.82, 2.24) is 10.6 Å². The fraction of sp³-hybridized carbons (Fsp3) is 0.600. The summed E-state index contributed by atoms with van der Waals surface area (Å²) in [6.07, 6.45) is 7.76. The van der Waals surface area contributed by atoms with Crippen LogP contribution in [0, 0.1) is 0 Å². The first-order valence-corrected chi connectivity index (χ1v) is 7.17. The number of allylic oxidation sites excluding steroid dienone is 2. The molecule has 2 amide bonds. The molecule has 2 unspecified atom stereocenters. The molecule has 0 saturated carbocycles. The third kappa shape index (κ3) is 6.55. The number of aliphatic hydroxyl groups excluding tert-OH is 1.